The summed E-state index contributed by atoms with van der Waals surface area (Å²) in [5.74, 6) is -1.62. The third-order valence-electron chi connectivity index (χ3n) is 2.87. The topological polar surface area (TPSA) is 102 Å². The number of ether oxygens (including phenoxy) is 1. The predicted molar refractivity (Wildman–Crippen MR) is 74.2 cm³/mol. The fourth-order valence-electron chi connectivity index (χ4n) is 1.72. The molecule has 0 aliphatic carbocycles. The van der Waals surface area contributed by atoms with E-state index in [-0.39, 0.29) is 6.61 Å². The van der Waals surface area contributed by atoms with Crippen molar-refractivity contribution in [3.05, 3.63) is 35.9 Å². The molecule has 110 valence electrons. The van der Waals surface area contributed by atoms with E-state index < -0.39 is 24.0 Å². The lowest BCUT2D eigenvalue weighted by Gasteiger charge is -2.17. The molecule has 0 radical (unpaired) electrons. The number of aryl methyl sites for hydroxylation is 1. The molecule has 4 N–H and O–H groups in total. The Balaban J connectivity index is 2.44. The van der Waals surface area contributed by atoms with Crippen molar-refractivity contribution in [3.63, 3.8) is 0 Å². The number of carbonyl (C=O) groups is 2. The van der Waals surface area contributed by atoms with Gasteiger partial charge in [-0.15, -0.1) is 0 Å². The van der Waals surface area contributed by atoms with Crippen LogP contribution in [0.1, 0.15) is 12.0 Å². The summed E-state index contributed by atoms with van der Waals surface area (Å²) in [7, 11) is 1.37. The van der Waals surface area contributed by atoms with Crippen molar-refractivity contribution in [2.24, 2.45) is 5.73 Å². The first-order valence-corrected chi connectivity index (χ1v) is 6.36. The number of carboxylic acids is 1. The van der Waals surface area contributed by atoms with Gasteiger partial charge in [-0.05, 0) is 18.4 Å². The Labute approximate surface area is 117 Å². The molecule has 0 unspecified atom stereocenters. The average molecular weight is 280 g/mol. The van der Waals surface area contributed by atoms with Gasteiger partial charge in [0.1, 0.15) is 0 Å². The van der Waals surface area contributed by atoms with E-state index >= 15 is 0 Å². The molecule has 0 aliphatic rings. The molecule has 1 rings (SSSR count). The van der Waals surface area contributed by atoms with E-state index in [1.165, 1.54) is 7.11 Å². The van der Waals surface area contributed by atoms with Crippen LogP contribution in [0.3, 0.4) is 0 Å². The molecule has 1 aromatic rings. The molecule has 0 aromatic heterocycles. The highest BCUT2D eigenvalue weighted by molar-refractivity contribution is 5.86. The minimum atomic E-state index is -1.14. The predicted octanol–water partition coefficient (Wildman–Crippen LogP) is 0.162. The number of carboxylic acid groups (broad SMARTS) is 1. The third kappa shape index (κ3) is 5.38. The quantitative estimate of drug-likeness (QED) is 0.629. The molecule has 2 atom stereocenters. The van der Waals surface area contributed by atoms with Crippen molar-refractivity contribution in [1.82, 2.24) is 5.32 Å². The Morgan fingerprint density at radius 1 is 1.35 bits per heavy atom. The highest BCUT2D eigenvalue weighted by Gasteiger charge is 2.22. The van der Waals surface area contributed by atoms with Crippen LogP contribution in [-0.4, -0.2) is 42.8 Å². The standard InChI is InChI=1S/C14H20N2O4/c1-20-9-12(14(18)19)16-13(17)11(15)8-7-10-5-3-2-4-6-10/h2-6,11-12H,7-9,15H2,1H3,(H,16,17)(H,18,19)/t11-,12-/m0/s1. The number of nitrogens with two attached hydrogens (primary N) is 1. The highest BCUT2D eigenvalue weighted by atomic mass is 16.5. The van der Waals surface area contributed by atoms with Gasteiger partial charge in [0, 0.05) is 7.11 Å². The minimum Gasteiger partial charge on any atom is -0.480 e. The fraction of sp³-hybridized carbons (Fsp3) is 0.429. The molecule has 0 fully saturated rings. The monoisotopic (exact) mass is 280 g/mol. The van der Waals surface area contributed by atoms with Gasteiger partial charge in [-0.2, -0.15) is 0 Å². The van der Waals surface area contributed by atoms with Crippen molar-refractivity contribution < 1.29 is 19.4 Å². The summed E-state index contributed by atoms with van der Waals surface area (Å²) in [6.45, 7) is -0.0908. The minimum absolute atomic E-state index is 0.0908. The Kier molecular flexibility index (Phi) is 6.69. The molecule has 20 heavy (non-hydrogen) atoms. The lowest BCUT2D eigenvalue weighted by molar-refractivity contribution is -0.143. The number of rotatable bonds is 8. The molecular formula is C14H20N2O4. The molecule has 0 aliphatic heterocycles. The van der Waals surface area contributed by atoms with Crippen molar-refractivity contribution in [2.75, 3.05) is 13.7 Å². The Bertz CT molecular complexity index is 436. The second-order valence-corrected chi connectivity index (χ2v) is 4.49. The SMILES string of the molecule is COC[C@H](NC(=O)[C@@H](N)CCc1ccccc1)C(=O)O. The maximum Gasteiger partial charge on any atom is 0.328 e. The number of benzene rings is 1. The lowest BCUT2D eigenvalue weighted by atomic mass is 10.1. The third-order valence-corrected chi connectivity index (χ3v) is 2.87. The number of aliphatic carboxylic acids is 1. The zero-order valence-corrected chi connectivity index (χ0v) is 11.4. The zero-order valence-electron chi connectivity index (χ0n) is 11.4. The van der Waals surface area contributed by atoms with Crippen LogP contribution in [0.25, 0.3) is 0 Å². The molecule has 1 aromatic carbocycles. The number of hydrogen-bond acceptors (Lipinski definition) is 4. The molecule has 0 saturated carbocycles. The van der Waals surface area contributed by atoms with E-state index in [9.17, 15) is 9.59 Å². The van der Waals surface area contributed by atoms with Crippen molar-refractivity contribution in [2.45, 2.75) is 24.9 Å². The number of methoxy groups -OCH3 is 1. The maximum absolute atomic E-state index is 11.8. The first kappa shape index (κ1) is 16.1. The first-order chi connectivity index (χ1) is 9.54. The van der Waals surface area contributed by atoms with Gasteiger partial charge >= 0.3 is 5.97 Å². The maximum atomic E-state index is 11.8. The summed E-state index contributed by atoms with van der Waals surface area (Å²) in [4.78, 5) is 22.7. The summed E-state index contributed by atoms with van der Waals surface area (Å²) in [6, 6.07) is 7.84. The van der Waals surface area contributed by atoms with Crippen LogP contribution in [0.4, 0.5) is 0 Å². The van der Waals surface area contributed by atoms with Gasteiger partial charge in [-0.25, -0.2) is 4.79 Å². The first-order valence-electron chi connectivity index (χ1n) is 6.36. The molecule has 0 heterocycles. The summed E-state index contributed by atoms with van der Waals surface area (Å²) in [5, 5.41) is 11.3. The van der Waals surface area contributed by atoms with Gasteiger partial charge in [0.2, 0.25) is 5.91 Å². The number of hydrogen-bond donors (Lipinski definition) is 3. The van der Waals surface area contributed by atoms with E-state index in [0.717, 1.165) is 5.56 Å². The van der Waals surface area contributed by atoms with E-state index in [0.29, 0.717) is 12.8 Å². The van der Waals surface area contributed by atoms with E-state index in [2.05, 4.69) is 5.32 Å². The summed E-state index contributed by atoms with van der Waals surface area (Å²) in [5.41, 5.74) is 6.85. The number of nitrogens with one attached hydrogen (secondary N) is 1. The molecule has 0 spiro atoms. The van der Waals surface area contributed by atoms with Crippen LogP contribution in [0.15, 0.2) is 30.3 Å². The van der Waals surface area contributed by atoms with Gasteiger partial charge in [0.25, 0.3) is 0 Å². The Hall–Kier alpha value is -1.92. The van der Waals surface area contributed by atoms with Crippen LogP contribution in [0.5, 0.6) is 0 Å². The van der Waals surface area contributed by atoms with Gasteiger partial charge in [0.15, 0.2) is 6.04 Å². The molecule has 0 bridgehead atoms. The summed E-state index contributed by atoms with van der Waals surface area (Å²) in [6.07, 6.45) is 1.12. The highest BCUT2D eigenvalue weighted by Crippen LogP contribution is 2.04. The fourth-order valence-corrected chi connectivity index (χ4v) is 1.72. The Morgan fingerprint density at radius 2 is 2.00 bits per heavy atom. The van der Waals surface area contributed by atoms with Crippen molar-refractivity contribution in [3.8, 4) is 0 Å². The van der Waals surface area contributed by atoms with Crippen LogP contribution in [0, 0.1) is 0 Å². The normalized spacial score (nSPS) is 13.5. The molecule has 0 saturated heterocycles. The van der Waals surface area contributed by atoms with Crippen LogP contribution in [0.2, 0.25) is 0 Å². The van der Waals surface area contributed by atoms with Crippen LogP contribution >= 0.6 is 0 Å². The smallest absolute Gasteiger partial charge is 0.328 e. The Morgan fingerprint density at radius 3 is 2.55 bits per heavy atom. The van der Waals surface area contributed by atoms with Crippen molar-refractivity contribution in [1.29, 1.82) is 0 Å². The zero-order chi connectivity index (χ0) is 15.0. The molecule has 1 amide bonds. The number of carbonyl (C=O) groups excluding carboxylic acids is 1. The molecule has 6 heteroatoms. The molecule has 6 nitrogen and oxygen atoms in total. The van der Waals surface area contributed by atoms with Gasteiger partial charge < -0.3 is 20.9 Å². The van der Waals surface area contributed by atoms with Crippen LogP contribution < -0.4 is 11.1 Å². The largest absolute Gasteiger partial charge is 0.480 e. The number of amides is 1. The van der Waals surface area contributed by atoms with Crippen molar-refractivity contribution >= 4 is 11.9 Å². The van der Waals surface area contributed by atoms with Gasteiger partial charge in [-0.1, -0.05) is 30.3 Å². The lowest BCUT2D eigenvalue weighted by Crippen LogP contribution is -2.50. The average Bonchev–Trinajstić information content (AvgIpc) is 2.45. The van der Waals surface area contributed by atoms with Crippen LogP contribution in [-0.2, 0) is 20.7 Å². The van der Waals surface area contributed by atoms with E-state index in [1.54, 1.807) is 0 Å². The second kappa shape index (κ2) is 8.29. The molecular weight excluding hydrogens is 260 g/mol. The summed E-state index contributed by atoms with van der Waals surface area (Å²) >= 11 is 0. The summed E-state index contributed by atoms with van der Waals surface area (Å²) < 4.78 is 4.74. The van der Waals surface area contributed by atoms with Gasteiger partial charge in [-0.3, -0.25) is 4.79 Å². The second-order valence-electron chi connectivity index (χ2n) is 4.49. The van der Waals surface area contributed by atoms with Gasteiger partial charge in [0.05, 0.1) is 12.6 Å². The van der Waals surface area contributed by atoms with E-state index in [1.807, 2.05) is 30.3 Å². The van der Waals surface area contributed by atoms with E-state index in [4.69, 9.17) is 15.6 Å².